The van der Waals surface area contributed by atoms with E-state index in [0.717, 1.165) is 12.8 Å². The fourth-order valence-electron chi connectivity index (χ4n) is 2.02. The molecule has 2 aromatic rings. The number of pyridine rings is 1. The molecule has 1 atom stereocenters. The lowest BCUT2D eigenvalue weighted by Crippen LogP contribution is -2.18. The van der Waals surface area contributed by atoms with E-state index in [1.807, 2.05) is 18.2 Å². The second-order valence-electron chi connectivity index (χ2n) is 4.80. The molecular formula is C16H18N4. The van der Waals surface area contributed by atoms with Crippen LogP contribution < -0.4 is 11.1 Å². The number of nitriles is 1. The van der Waals surface area contributed by atoms with Gasteiger partial charge in [0.1, 0.15) is 6.07 Å². The highest BCUT2D eigenvalue weighted by Gasteiger charge is 2.09. The Bertz CT molecular complexity index is 602. The Labute approximate surface area is 119 Å². The van der Waals surface area contributed by atoms with Crippen LogP contribution in [0.2, 0.25) is 0 Å². The normalized spacial score (nSPS) is 11.6. The van der Waals surface area contributed by atoms with Gasteiger partial charge in [0.25, 0.3) is 0 Å². The number of aryl methyl sites for hydroxylation is 1. The van der Waals surface area contributed by atoms with Crippen LogP contribution in [0.25, 0.3) is 0 Å². The molecule has 20 heavy (non-hydrogen) atoms. The molecule has 1 aromatic carbocycles. The predicted octanol–water partition coefficient (Wildman–Crippen LogP) is 2.97. The van der Waals surface area contributed by atoms with Crippen LogP contribution in [0, 0.1) is 11.3 Å². The highest BCUT2D eigenvalue weighted by molar-refractivity contribution is 5.69. The number of aromatic nitrogens is 1. The molecule has 0 amide bonds. The van der Waals surface area contributed by atoms with Gasteiger partial charge in [-0.25, -0.2) is 4.98 Å². The third-order valence-corrected chi connectivity index (χ3v) is 3.20. The third kappa shape index (κ3) is 3.48. The standard InChI is InChI=1S/C16H18N4/c1-12(7-8-13-5-3-2-4-6-13)20-16-15(18)14(11-17)9-10-19-16/h2-6,9-10,12H,7-8,18H2,1H3,(H,19,20). The van der Waals surface area contributed by atoms with Crippen LogP contribution in [0.15, 0.2) is 42.6 Å². The van der Waals surface area contributed by atoms with Crippen molar-refractivity contribution >= 4 is 11.5 Å². The lowest BCUT2D eigenvalue weighted by molar-refractivity contribution is 0.703. The summed E-state index contributed by atoms with van der Waals surface area (Å²) in [6.45, 7) is 2.09. The Hall–Kier alpha value is -2.54. The Kier molecular flexibility index (Phi) is 4.56. The van der Waals surface area contributed by atoms with Gasteiger partial charge in [-0.15, -0.1) is 0 Å². The van der Waals surface area contributed by atoms with E-state index < -0.39 is 0 Å². The molecule has 4 heteroatoms. The summed E-state index contributed by atoms with van der Waals surface area (Å²) in [5.74, 6) is 0.588. The molecule has 0 aliphatic carbocycles. The number of nitrogens with two attached hydrogens (primary N) is 1. The number of nitrogens with one attached hydrogen (secondary N) is 1. The first-order valence-electron chi connectivity index (χ1n) is 6.65. The number of nitrogen functional groups attached to an aromatic ring is 1. The van der Waals surface area contributed by atoms with E-state index in [1.165, 1.54) is 5.56 Å². The molecule has 0 radical (unpaired) electrons. The molecule has 1 unspecified atom stereocenters. The van der Waals surface area contributed by atoms with E-state index in [0.29, 0.717) is 17.1 Å². The fourth-order valence-corrected chi connectivity index (χ4v) is 2.02. The predicted molar refractivity (Wildman–Crippen MR) is 81.2 cm³/mol. The summed E-state index contributed by atoms with van der Waals surface area (Å²) in [5, 5.41) is 12.2. The van der Waals surface area contributed by atoms with Crippen molar-refractivity contribution in [3.8, 4) is 6.07 Å². The maximum absolute atomic E-state index is 8.94. The number of rotatable bonds is 5. The fraction of sp³-hybridized carbons (Fsp3) is 0.250. The number of hydrogen-bond donors (Lipinski definition) is 2. The zero-order chi connectivity index (χ0) is 14.4. The van der Waals surface area contributed by atoms with Crippen LogP contribution in [-0.2, 0) is 6.42 Å². The minimum absolute atomic E-state index is 0.235. The summed E-state index contributed by atoms with van der Waals surface area (Å²) >= 11 is 0. The Morgan fingerprint density at radius 3 is 2.75 bits per heavy atom. The Morgan fingerprint density at radius 2 is 2.05 bits per heavy atom. The van der Waals surface area contributed by atoms with E-state index in [1.54, 1.807) is 12.3 Å². The number of hydrogen-bond acceptors (Lipinski definition) is 4. The van der Waals surface area contributed by atoms with Gasteiger partial charge in [-0.3, -0.25) is 0 Å². The molecular weight excluding hydrogens is 248 g/mol. The number of benzene rings is 1. The SMILES string of the molecule is CC(CCc1ccccc1)Nc1nccc(C#N)c1N. The first-order valence-corrected chi connectivity index (χ1v) is 6.65. The summed E-state index contributed by atoms with van der Waals surface area (Å²) < 4.78 is 0. The average molecular weight is 266 g/mol. The molecule has 0 saturated heterocycles. The molecule has 2 rings (SSSR count). The minimum atomic E-state index is 0.235. The highest BCUT2D eigenvalue weighted by atomic mass is 15.0. The maximum Gasteiger partial charge on any atom is 0.150 e. The zero-order valence-electron chi connectivity index (χ0n) is 11.5. The Morgan fingerprint density at radius 1 is 1.30 bits per heavy atom. The summed E-state index contributed by atoms with van der Waals surface area (Å²) in [6, 6.07) is 14.3. The lowest BCUT2D eigenvalue weighted by atomic mass is 10.1. The molecule has 0 spiro atoms. The molecule has 0 aliphatic heterocycles. The molecule has 4 nitrogen and oxygen atoms in total. The zero-order valence-corrected chi connectivity index (χ0v) is 11.5. The van der Waals surface area contributed by atoms with Crippen LogP contribution in [0.1, 0.15) is 24.5 Å². The maximum atomic E-state index is 8.94. The smallest absolute Gasteiger partial charge is 0.150 e. The van der Waals surface area contributed by atoms with Gasteiger partial charge in [-0.2, -0.15) is 5.26 Å². The van der Waals surface area contributed by atoms with Crippen molar-refractivity contribution < 1.29 is 0 Å². The van der Waals surface area contributed by atoms with Crippen molar-refractivity contribution in [1.29, 1.82) is 5.26 Å². The summed E-state index contributed by atoms with van der Waals surface area (Å²) in [4.78, 5) is 4.19. The molecule has 3 N–H and O–H groups in total. The van der Waals surface area contributed by atoms with Crippen molar-refractivity contribution in [3.05, 3.63) is 53.7 Å². The topological polar surface area (TPSA) is 74.7 Å². The van der Waals surface area contributed by atoms with Crippen LogP contribution in [0.5, 0.6) is 0 Å². The Balaban J connectivity index is 1.95. The highest BCUT2D eigenvalue weighted by Crippen LogP contribution is 2.20. The van der Waals surface area contributed by atoms with Crippen molar-refractivity contribution in [1.82, 2.24) is 4.98 Å². The van der Waals surface area contributed by atoms with Crippen LogP contribution in [-0.4, -0.2) is 11.0 Å². The quantitative estimate of drug-likeness (QED) is 0.872. The van der Waals surface area contributed by atoms with E-state index >= 15 is 0 Å². The van der Waals surface area contributed by atoms with E-state index in [9.17, 15) is 0 Å². The average Bonchev–Trinajstić information content (AvgIpc) is 2.48. The van der Waals surface area contributed by atoms with Gasteiger partial charge >= 0.3 is 0 Å². The van der Waals surface area contributed by atoms with Gasteiger partial charge in [-0.05, 0) is 31.4 Å². The van der Waals surface area contributed by atoms with Gasteiger partial charge < -0.3 is 11.1 Å². The summed E-state index contributed by atoms with van der Waals surface area (Å²) in [7, 11) is 0. The van der Waals surface area contributed by atoms with Gasteiger partial charge in [0, 0.05) is 12.2 Å². The number of nitrogens with zero attached hydrogens (tertiary/aromatic N) is 2. The lowest BCUT2D eigenvalue weighted by Gasteiger charge is -2.16. The first kappa shape index (κ1) is 13.9. The van der Waals surface area contributed by atoms with E-state index in [2.05, 4.69) is 35.4 Å². The van der Waals surface area contributed by atoms with E-state index in [-0.39, 0.29) is 6.04 Å². The number of anilines is 2. The molecule has 0 aliphatic rings. The van der Waals surface area contributed by atoms with Crippen molar-refractivity contribution in [2.45, 2.75) is 25.8 Å². The summed E-state index contributed by atoms with van der Waals surface area (Å²) in [6.07, 6.45) is 3.57. The second kappa shape index (κ2) is 6.58. The third-order valence-electron chi connectivity index (χ3n) is 3.20. The summed E-state index contributed by atoms with van der Waals surface area (Å²) in [5.41, 5.74) is 8.09. The van der Waals surface area contributed by atoms with Crippen LogP contribution >= 0.6 is 0 Å². The minimum Gasteiger partial charge on any atom is -0.395 e. The van der Waals surface area contributed by atoms with Gasteiger partial charge in [-0.1, -0.05) is 30.3 Å². The molecule has 0 bridgehead atoms. The van der Waals surface area contributed by atoms with Gasteiger partial charge in [0.15, 0.2) is 5.82 Å². The second-order valence-corrected chi connectivity index (χ2v) is 4.80. The van der Waals surface area contributed by atoms with Gasteiger partial charge in [0.2, 0.25) is 0 Å². The van der Waals surface area contributed by atoms with Crippen molar-refractivity contribution in [3.63, 3.8) is 0 Å². The largest absolute Gasteiger partial charge is 0.395 e. The first-order chi connectivity index (χ1) is 9.70. The van der Waals surface area contributed by atoms with E-state index in [4.69, 9.17) is 11.0 Å². The van der Waals surface area contributed by atoms with Crippen molar-refractivity contribution in [2.24, 2.45) is 0 Å². The monoisotopic (exact) mass is 266 g/mol. The van der Waals surface area contributed by atoms with Crippen LogP contribution in [0.4, 0.5) is 11.5 Å². The van der Waals surface area contributed by atoms with Crippen LogP contribution in [0.3, 0.4) is 0 Å². The molecule has 0 fully saturated rings. The van der Waals surface area contributed by atoms with Crippen molar-refractivity contribution in [2.75, 3.05) is 11.1 Å². The molecule has 0 saturated carbocycles. The van der Waals surface area contributed by atoms with Gasteiger partial charge in [0.05, 0.1) is 11.3 Å². The molecule has 1 heterocycles. The molecule has 1 aromatic heterocycles. The molecule has 102 valence electrons.